The van der Waals surface area contributed by atoms with Crippen molar-refractivity contribution in [1.82, 2.24) is 0 Å². The molecule has 0 aliphatic rings. The van der Waals surface area contributed by atoms with Crippen LogP contribution in [-0.2, 0) is 0 Å². The lowest BCUT2D eigenvalue weighted by Gasteiger charge is -2.24. The standard InChI is InChI=1S/C11H12F4N2OS/c12-7-3-6(11(16)19)4-8(13)10(7)17(1-2-18)5-9(14)15/h3-4,9,18H,1-2,5H2,(H2,16,19). The minimum Gasteiger partial charge on any atom is -0.395 e. The maximum Gasteiger partial charge on any atom is 0.255 e. The Balaban J connectivity index is 3.19. The molecule has 0 heterocycles. The van der Waals surface area contributed by atoms with Gasteiger partial charge in [0.05, 0.1) is 13.2 Å². The van der Waals surface area contributed by atoms with E-state index in [0.29, 0.717) is 0 Å². The zero-order valence-electron chi connectivity index (χ0n) is 9.75. The van der Waals surface area contributed by atoms with E-state index in [1.165, 1.54) is 0 Å². The monoisotopic (exact) mass is 296 g/mol. The smallest absolute Gasteiger partial charge is 0.255 e. The van der Waals surface area contributed by atoms with Gasteiger partial charge in [0.2, 0.25) is 0 Å². The molecule has 0 fully saturated rings. The predicted molar refractivity (Wildman–Crippen MR) is 67.5 cm³/mol. The Morgan fingerprint density at radius 1 is 1.32 bits per heavy atom. The fraction of sp³-hybridized carbons (Fsp3) is 0.364. The molecular formula is C11H12F4N2OS. The number of aliphatic hydroxyl groups excluding tert-OH is 1. The highest BCUT2D eigenvalue weighted by Crippen LogP contribution is 2.25. The maximum atomic E-state index is 13.8. The van der Waals surface area contributed by atoms with Gasteiger partial charge >= 0.3 is 0 Å². The van der Waals surface area contributed by atoms with E-state index in [4.69, 9.17) is 10.8 Å². The minimum absolute atomic E-state index is 0.0326. The number of nitrogens with two attached hydrogens (primary N) is 1. The molecule has 106 valence electrons. The van der Waals surface area contributed by atoms with Crippen LogP contribution in [0.25, 0.3) is 0 Å². The molecule has 0 saturated heterocycles. The first-order valence-corrected chi connectivity index (χ1v) is 5.70. The van der Waals surface area contributed by atoms with Gasteiger partial charge in [-0.05, 0) is 12.1 Å². The van der Waals surface area contributed by atoms with Gasteiger partial charge in [-0.15, -0.1) is 0 Å². The molecule has 0 unspecified atom stereocenters. The van der Waals surface area contributed by atoms with Crippen molar-refractivity contribution in [3.63, 3.8) is 0 Å². The largest absolute Gasteiger partial charge is 0.395 e. The Labute approximate surface area is 112 Å². The average Bonchev–Trinajstić information content (AvgIpc) is 2.27. The van der Waals surface area contributed by atoms with Gasteiger partial charge in [0.25, 0.3) is 6.43 Å². The highest BCUT2D eigenvalue weighted by atomic mass is 32.1. The number of thiocarbonyl (C=S) groups is 1. The van der Waals surface area contributed by atoms with Gasteiger partial charge in [-0.2, -0.15) is 0 Å². The highest BCUT2D eigenvalue weighted by molar-refractivity contribution is 7.80. The molecule has 0 spiro atoms. The molecule has 1 rings (SSSR count). The van der Waals surface area contributed by atoms with Crippen molar-refractivity contribution < 1.29 is 22.7 Å². The van der Waals surface area contributed by atoms with Crippen LogP contribution in [0.5, 0.6) is 0 Å². The summed E-state index contributed by atoms with van der Waals surface area (Å²) in [4.78, 5) is 0.533. The Kier molecular flexibility index (Phi) is 5.49. The van der Waals surface area contributed by atoms with Gasteiger partial charge in [-0.1, -0.05) is 12.2 Å². The highest BCUT2D eigenvalue weighted by Gasteiger charge is 2.21. The molecule has 0 atom stereocenters. The van der Waals surface area contributed by atoms with Gasteiger partial charge in [0.1, 0.15) is 22.3 Å². The molecule has 3 N–H and O–H groups in total. The van der Waals surface area contributed by atoms with E-state index < -0.39 is 36.9 Å². The van der Waals surface area contributed by atoms with Crippen molar-refractivity contribution in [2.24, 2.45) is 5.73 Å². The number of hydrogen-bond acceptors (Lipinski definition) is 3. The fourth-order valence-corrected chi connectivity index (χ4v) is 1.71. The summed E-state index contributed by atoms with van der Waals surface area (Å²) in [5.41, 5.74) is 4.58. The molecule has 3 nitrogen and oxygen atoms in total. The number of nitrogens with zero attached hydrogens (tertiary/aromatic N) is 1. The van der Waals surface area contributed by atoms with E-state index in [9.17, 15) is 17.6 Å². The maximum absolute atomic E-state index is 13.8. The summed E-state index contributed by atoms with van der Waals surface area (Å²) in [6, 6.07) is 1.74. The molecule has 0 saturated carbocycles. The molecule has 1 aromatic rings. The second-order valence-electron chi connectivity index (χ2n) is 3.71. The molecule has 0 radical (unpaired) electrons. The number of halogens is 4. The summed E-state index contributed by atoms with van der Waals surface area (Å²) in [7, 11) is 0. The van der Waals surface area contributed by atoms with Crippen LogP contribution in [0.2, 0.25) is 0 Å². The molecule has 0 aromatic heterocycles. The van der Waals surface area contributed by atoms with Crippen LogP contribution in [-0.4, -0.2) is 36.2 Å². The number of benzene rings is 1. The van der Waals surface area contributed by atoms with Crippen molar-refractivity contribution >= 4 is 22.9 Å². The molecule has 19 heavy (non-hydrogen) atoms. The van der Waals surface area contributed by atoms with Crippen LogP contribution >= 0.6 is 12.2 Å². The lowest BCUT2D eigenvalue weighted by molar-refractivity contribution is 0.152. The Bertz CT molecular complexity index is 447. The molecule has 0 aliphatic heterocycles. The van der Waals surface area contributed by atoms with E-state index in [-0.39, 0.29) is 17.1 Å². The van der Waals surface area contributed by atoms with Crippen molar-refractivity contribution in [3.8, 4) is 0 Å². The topological polar surface area (TPSA) is 49.5 Å². The van der Waals surface area contributed by atoms with Crippen LogP contribution in [0, 0.1) is 11.6 Å². The van der Waals surface area contributed by atoms with E-state index in [1.807, 2.05) is 0 Å². The van der Waals surface area contributed by atoms with Gasteiger partial charge in [0.15, 0.2) is 0 Å². The first kappa shape index (κ1) is 15.6. The third kappa shape index (κ3) is 4.03. The van der Waals surface area contributed by atoms with Crippen LogP contribution in [0.1, 0.15) is 5.56 Å². The summed E-state index contributed by atoms with van der Waals surface area (Å²) < 4.78 is 52.3. The summed E-state index contributed by atoms with van der Waals surface area (Å²) >= 11 is 4.58. The van der Waals surface area contributed by atoms with E-state index in [0.717, 1.165) is 17.0 Å². The van der Waals surface area contributed by atoms with E-state index in [1.54, 1.807) is 0 Å². The first-order chi connectivity index (χ1) is 8.86. The quantitative estimate of drug-likeness (QED) is 0.619. The van der Waals surface area contributed by atoms with Crippen LogP contribution in [0.15, 0.2) is 12.1 Å². The average molecular weight is 296 g/mol. The first-order valence-electron chi connectivity index (χ1n) is 5.29. The zero-order chi connectivity index (χ0) is 14.6. The van der Waals surface area contributed by atoms with E-state index in [2.05, 4.69) is 12.2 Å². The van der Waals surface area contributed by atoms with Gasteiger partial charge in [0, 0.05) is 12.1 Å². The van der Waals surface area contributed by atoms with E-state index >= 15 is 0 Å². The minimum atomic E-state index is -2.79. The summed E-state index contributed by atoms with van der Waals surface area (Å²) in [6.07, 6.45) is -2.79. The zero-order valence-corrected chi connectivity index (χ0v) is 10.6. The number of rotatable bonds is 6. The van der Waals surface area contributed by atoms with Crippen LogP contribution < -0.4 is 10.6 Å². The Hall–Kier alpha value is -1.41. The summed E-state index contributed by atoms with van der Waals surface area (Å²) in [6.45, 7) is -1.71. The van der Waals surface area contributed by atoms with Gasteiger partial charge < -0.3 is 15.7 Å². The lowest BCUT2D eigenvalue weighted by atomic mass is 10.1. The van der Waals surface area contributed by atoms with Crippen molar-refractivity contribution in [3.05, 3.63) is 29.3 Å². The van der Waals surface area contributed by atoms with Crippen molar-refractivity contribution in [2.75, 3.05) is 24.6 Å². The second-order valence-corrected chi connectivity index (χ2v) is 4.15. The second kappa shape index (κ2) is 6.67. The summed E-state index contributed by atoms with van der Waals surface area (Å²) in [5, 5.41) is 8.76. The van der Waals surface area contributed by atoms with Crippen LogP contribution in [0.3, 0.4) is 0 Å². The lowest BCUT2D eigenvalue weighted by Crippen LogP contribution is -2.33. The van der Waals surface area contributed by atoms with Crippen molar-refractivity contribution in [1.29, 1.82) is 0 Å². The normalized spacial score (nSPS) is 10.8. The van der Waals surface area contributed by atoms with Crippen molar-refractivity contribution in [2.45, 2.75) is 6.43 Å². The van der Waals surface area contributed by atoms with Gasteiger partial charge in [-0.3, -0.25) is 0 Å². The van der Waals surface area contributed by atoms with Crippen LogP contribution in [0.4, 0.5) is 23.2 Å². The molecule has 1 aromatic carbocycles. The molecule has 0 bridgehead atoms. The number of alkyl halides is 2. The number of anilines is 1. The SMILES string of the molecule is NC(=S)c1cc(F)c(N(CCO)CC(F)F)c(F)c1. The Morgan fingerprint density at radius 2 is 1.84 bits per heavy atom. The van der Waals surface area contributed by atoms with Gasteiger partial charge in [-0.25, -0.2) is 17.6 Å². The molecular weight excluding hydrogens is 284 g/mol. The number of aliphatic hydroxyl groups is 1. The third-order valence-corrected chi connectivity index (χ3v) is 2.58. The molecule has 0 aliphatic carbocycles. The predicted octanol–water partition coefficient (Wildman–Crippen LogP) is 1.66. The summed E-state index contributed by atoms with van der Waals surface area (Å²) in [5.74, 6) is -2.12. The fourth-order valence-electron chi connectivity index (χ4n) is 1.59. The number of hydrogen-bond donors (Lipinski definition) is 2. The molecule has 0 amide bonds. The Morgan fingerprint density at radius 3 is 2.21 bits per heavy atom. The molecule has 8 heteroatoms. The third-order valence-electron chi connectivity index (χ3n) is 2.35.